The van der Waals surface area contributed by atoms with Crippen LogP contribution in [0.3, 0.4) is 0 Å². The minimum absolute atomic E-state index is 0.170. The molecular formula is C24H26N2O5S. The Hall–Kier alpha value is -3.52. The van der Waals surface area contributed by atoms with E-state index >= 15 is 0 Å². The van der Waals surface area contributed by atoms with Crippen molar-refractivity contribution in [2.24, 2.45) is 0 Å². The number of methoxy groups -OCH3 is 1. The van der Waals surface area contributed by atoms with Crippen LogP contribution in [-0.2, 0) is 11.2 Å². The molecule has 2 N–H and O–H groups in total. The predicted octanol–water partition coefficient (Wildman–Crippen LogP) is 4.99. The lowest BCUT2D eigenvalue weighted by Crippen LogP contribution is -2.16. The lowest BCUT2D eigenvalue weighted by Gasteiger charge is -2.17. The number of anilines is 2. The molecule has 0 saturated carbocycles. The highest BCUT2D eigenvalue weighted by molar-refractivity contribution is 7.12. The fourth-order valence-corrected chi connectivity index (χ4v) is 3.68. The van der Waals surface area contributed by atoms with E-state index in [0.29, 0.717) is 46.7 Å². The van der Waals surface area contributed by atoms with E-state index in [1.54, 1.807) is 25.3 Å². The van der Waals surface area contributed by atoms with E-state index in [2.05, 4.69) is 10.6 Å². The molecule has 0 unspecified atom stereocenters. The summed E-state index contributed by atoms with van der Waals surface area (Å²) in [6.45, 7) is 4.49. The number of ether oxygens (including phenoxy) is 3. The van der Waals surface area contributed by atoms with Gasteiger partial charge in [-0.05, 0) is 43.0 Å². The maximum Gasteiger partial charge on any atom is 0.265 e. The van der Waals surface area contributed by atoms with Gasteiger partial charge in [0.2, 0.25) is 5.91 Å². The third kappa shape index (κ3) is 6.01. The van der Waals surface area contributed by atoms with E-state index in [-0.39, 0.29) is 18.2 Å². The number of hydrogen-bond donors (Lipinski definition) is 2. The summed E-state index contributed by atoms with van der Waals surface area (Å²) >= 11 is 1.35. The third-order valence-corrected chi connectivity index (χ3v) is 5.32. The number of carbonyl (C=O) groups is 2. The van der Waals surface area contributed by atoms with Crippen molar-refractivity contribution in [3.8, 4) is 17.2 Å². The molecule has 0 fully saturated rings. The summed E-state index contributed by atoms with van der Waals surface area (Å²) in [4.78, 5) is 25.8. The van der Waals surface area contributed by atoms with Gasteiger partial charge in [0.25, 0.3) is 5.91 Å². The molecule has 8 heteroatoms. The Kier molecular flexibility index (Phi) is 8.10. The molecule has 168 valence electrons. The minimum atomic E-state index is -0.238. The van der Waals surface area contributed by atoms with E-state index in [0.717, 1.165) is 5.56 Å². The highest BCUT2D eigenvalue weighted by Gasteiger charge is 2.17. The summed E-state index contributed by atoms with van der Waals surface area (Å²) in [6, 6.07) is 14.2. The van der Waals surface area contributed by atoms with Crippen molar-refractivity contribution >= 4 is 34.5 Å². The normalized spacial score (nSPS) is 10.3. The summed E-state index contributed by atoms with van der Waals surface area (Å²) in [6.07, 6.45) is 0.170. The number of carbonyl (C=O) groups excluding carboxylic acids is 2. The highest BCUT2D eigenvalue weighted by atomic mass is 32.1. The van der Waals surface area contributed by atoms with Crippen LogP contribution in [0.5, 0.6) is 17.2 Å². The second-order valence-electron chi connectivity index (χ2n) is 6.72. The number of hydrogen-bond acceptors (Lipinski definition) is 6. The van der Waals surface area contributed by atoms with Crippen molar-refractivity contribution in [2.75, 3.05) is 31.0 Å². The van der Waals surface area contributed by atoms with Gasteiger partial charge in [-0.25, -0.2) is 0 Å². The van der Waals surface area contributed by atoms with Crippen LogP contribution in [0.15, 0.2) is 53.9 Å². The molecule has 0 radical (unpaired) electrons. The summed E-state index contributed by atoms with van der Waals surface area (Å²) < 4.78 is 16.7. The monoisotopic (exact) mass is 454 g/mol. The van der Waals surface area contributed by atoms with Crippen LogP contribution < -0.4 is 24.8 Å². The summed E-state index contributed by atoms with van der Waals surface area (Å²) in [5.74, 6) is 1.12. The quantitative estimate of drug-likeness (QED) is 0.451. The molecule has 0 spiro atoms. The Morgan fingerprint density at radius 3 is 2.19 bits per heavy atom. The number of amides is 2. The second kappa shape index (κ2) is 11.2. The van der Waals surface area contributed by atoms with Gasteiger partial charge in [-0.3, -0.25) is 9.59 Å². The molecular weight excluding hydrogens is 428 g/mol. The average Bonchev–Trinajstić information content (AvgIpc) is 3.32. The van der Waals surface area contributed by atoms with E-state index in [1.165, 1.54) is 11.3 Å². The Bertz CT molecular complexity index is 1070. The smallest absolute Gasteiger partial charge is 0.265 e. The molecule has 1 heterocycles. The molecule has 7 nitrogen and oxygen atoms in total. The number of benzene rings is 2. The van der Waals surface area contributed by atoms with Crippen molar-refractivity contribution in [1.29, 1.82) is 0 Å². The summed E-state index contributed by atoms with van der Waals surface area (Å²) in [7, 11) is 1.58. The van der Waals surface area contributed by atoms with Crippen LogP contribution in [0.1, 0.15) is 29.1 Å². The van der Waals surface area contributed by atoms with Crippen LogP contribution in [0.25, 0.3) is 0 Å². The first-order chi connectivity index (χ1) is 15.5. The highest BCUT2D eigenvalue weighted by Crippen LogP contribution is 2.37. The second-order valence-corrected chi connectivity index (χ2v) is 7.67. The van der Waals surface area contributed by atoms with Crippen LogP contribution in [0, 0.1) is 0 Å². The Morgan fingerprint density at radius 1 is 0.906 bits per heavy atom. The van der Waals surface area contributed by atoms with Crippen LogP contribution >= 0.6 is 11.3 Å². The molecule has 1 aromatic heterocycles. The Balaban J connectivity index is 1.84. The number of thiophene rings is 1. The molecule has 0 bridgehead atoms. The van der Waals surface area contributed by atoms with Gasteiger partial charge in [-0.2, -0.15) is 0 Å². The largest absolute Gasteiger partial charge is 0.497 e. The molecule has 2 amide bonds. The molecule has 3 rings (SSSR count). The van der Waals surface area contributed by atoms with Crippen LogP contribution in [-0.4, -0.2) is 32.1 Å². The van der Waals surface area contributed by atoms with Crippen LogP contribution in [0.4, 0.5) is 11.4 Å². The van der Waals surface area contributed by atoms with Crippen LogP contribution in [0.2, 0.25) is 0 Å². The molecule has 0 saturated heterocycles. The van der Waals surface area contributed by atoms with E-state index in [4.69, 9.17) is 14.2 Å². The van der Waals surface area contributed by atoms with E-state index < -0.39 is 0 Å². The van der Waals surface area contributed by atoms with Gasteiger partial charge in [-0.15, -0.1) is 11.3 Å². The fourth-order valence-electron chi connectivity index (χ4n) is 3.06. The molecule has 2 aromatic carbocycles. The SMILES string of the molecule is CCOc1cc(NC(=O)c2cccs2)c(OCC)cc1NC(=O)Cc1cccc(OC)c1. The summed E-state index contributed by atoms with van der Waals surface area (Å²) in [5.41, 5.74) is 1.77. The first kappa shape index (κ1) is 23.1. The van der Waals surface area contributed by atoms with Gasteiger partial charge >= 0.3 is 0 Å². The maximum absolute atomic E-state index is 12.7. The average molecular weight is 455 g/mol. The Morgan fingerprint density at radius 2 is 1.59 bits per heavy atom. The van der Waals surface area contributed by atoms with Crippen molar-refractivity contribution in [1.82, 2.24) is 0 Å². The summed E-state index contributed by atoms with van der Waals surface area (Å²) in [5, 5.41) is 7.60. The van der Waals surface area contributed by atoms with Crippen molar-refractivity contribution in [3.05, 3.63) is 64.4 Å². The van der Waals surface area contributed by atoms with E-state index in [1.807, 2.05) is 49.6 Å². The van der Waals surface area contributed by atoms with Gasteiger partial charge < -0.3 is 24.8 Å². The lowest BCUT2D eigenvalue weighted by molar-refractivity contribution is -0.115. The molecule has 0 atom stereocenters. The molecule has 0 aliphatic heterocycles. The predicted molar refractivity (Wildman–Crippen MR) is 126 cm³/mol. The lowest BCUT2D eigenvalue weighted by atomic mass is 10.1. The molecule has 3 aromatic rings. The third-order valence-electron chi connectivity index (χ3n) is 4.45. The number of nitrogens with one attached hydrogen (secondary N) is 2. The molecule has 32 heavy (non-hydrogen) atoms. The van der Waals surface area contributed by atoms with Crippen molar-refractivity contribution in [2.45, 2.75) is 20.3 Å². The molecule has 0 aliphatic carbocycles. The number of rotatable bonds is 10. The zero-order valence-electron chi connectivity index (χ0n) is 18.3. The topological polar surface area (TPSA) is 85.9 Å². The standard InChI is InChI=1S/C24H26N2O5S/c1-4-30-20-15-19(26-24(28)22-10-7-11-32-22)21(31-5-2)14-18(20)25-23(27)13-16-8-6-9-17(12-16)29-3/h6-12,14-15H,4-5,13H2,1-3H3,(H,25,27)(H,26,28). The van der Waals surface area contributed by atoms with Gasteiger partial charge in [-0.1, -0.05) is 18.2 Å². The zero-order chi connectivity index (χ0) is 22.9. The van der Waals surface area contributed by atoms with Gasteiger partial charge in [0.05, 0.1) is 43.0 Å². The van der Waals surface area contributed by atoms with Gasteiger partial charge in [0, 0.05) is 12.1 Å². The van der Waals surface area contributed by atoms with Gasteiger partial charge in [0.15, 0.2) is 0 Å². The first-order valence-corrected chi connectivity index (χ1v) is 11.1. The van der Waals surface area contributed by atoms with Gasteiger partial charge in [0.1, 0.15) is 17.2 Å². The zero-order valence-corrected chi connectivity index (χ0v) is 19.1. The maximum atomic E-state index is 12.7. The first-order valence-electron chi connectivity index (χ1n) is 10.2. The minimum Gasteiger partial charge on any atom is -0.497 e. The Labute approximate surface area is 191 Å². The van der Waals surface area contributed by atoms with Crippen molar-refractivity contribution < 1.29 is 23.8 Å². The van der Waals surface area contributed by atoms with Crippen molar-refractivity contribution in [3.63, 3.8) is 0 Å². The van der Waals surface area contributed by atoms with E-state index in [9.17, 15) is 9.59 Å². The molecule has 0 aliphatic rings. The fraction of sp³-hybridized carbons (Fsp3) is 0.250.